The molecule has 0 amide bonds. The molecule has 0 fully saturated rings. The Balaban J connectivity index is 1.35. The van der Waals surface area contributed by atoms with Gasteiger partial charge in [0.1, 0.15) is 12.7 Å². The minimum absolute atomic E-state index is 0.135. The molecule has 10 rings (SSSR count). The van der Waals surface area contributed by atoms with Crippen molar-refractivity contribution in [2.75, 3.05) is 0 Å². The van der Waals surface area contributed by atoms with Gasteiger partial charge in [-0.25, -0.2) is 9.97 Å². The third-order valence-corrected chi connectivity index (χ3v) is 9.67. The number of aromatic nitrogens is 3. The Hall–Kier alpha value is -4.35. The van der Waals surface area contributed by atoms with Crippen molar-refractivity contribution in [1.82, 2.24) is 9.97 Å². The van der Waals surface area contributed by atoms with Crippen LogP contribution in [0.5, 0.6) is 0 Å². The Labute approximate surface area is 229 Å². The van der Waals surface area contributed by atoms with Crippen molar-refractivity contribution in [2.45, 2.75) is 25.7 Å². The van der Waals surface area contributed by atoms with Crippen molar-refractivity contribution in [3.8, 4) is 11.3 Å². The van der Waals surface area contributed by atoms with E-state index in [9.17, 15) is 0 Å². The van der Waals surface area contributed by atoms with E-state index < -0.39 is 0 Å². The van der Waals surface area contributed by atoms with Gasteiger partial charge < -0.3 is 4.42 Å². The van der Waals surface area contributed by atoms with Crippen LogP contribution in [0.15, 0.2) is 82.0 Å². The number of thiophene rings is 1. The summed E-state index contributed by atoms with van der Waals surface area (Å²) in [5.74, 6) is 0.272. The molecule has 186 valence electrons. The van der Waals surface area contributed by atoms with Gasteiger partial charge in [0.05, 0.1) is 23.6 Å². The molecule has 4 heterocycles. The molecule has 2 atom stereocenters. The van der Waals surface area contributed by atoms with E-state index in [2.05, 4.69) is 95.1 Å². The smallest absolute Gasteiger partial charge is 0.235 e. The SMILES string of the molecule is Cc1ccc2c(n1)oc1c(-c3cnc4c([n+]3C)C3c5ccccc5C4c4cc5cscc5cc43)c(C)ccc12. The van der Waals surface area contributed by atoms with Crippen molar-refractivity contribution in [3.05, 3.63) is 123 Å². The summed E-state index contributed by atoms with van der Waals surface area (Å²) in [4.78, 5) is 9.93. The number of rotatable bonds is 1. The highest BCUT2D eigenvalue weighted by molar-refractivity contribution is 7.09. The zero-order chi connectivity index (χ0) is 26.0. The third-order valence-electron chi connectivity index (χ3n) is 8.89. The Kier molecular flexibility index (Phi) is 4.09. The largest absolute Gasteiger partial charge is 0.437 e. The van der Waals surface area contributed by atoms with Gasteiger partial charge in [-0.2, -0.15) is 15.9 Å². The number of aryl methyl sites for hydroxylation is 2. The highest BCUT2D eigenvalue weighted by Gasteiger charge is 2.48. The molecule has 3 aliphatic carbocycles. The van der Waals surface area contributed by atoms with Crippen LogP contribution in [0.4, 0.5) is 0 Å². The molecule has 3 aliphatic rings. The Morgan fingerprint density at radius 3 is 2.33 bits per heavy atom. The predicted molar refractivity (Wildman–Crippen MR) is 156 cm³/mol. The van der Waals surface area contributed by atoms with Crippen molar-refractivity contribution < 1.29 is 8.98 Å². The van der Waals surface area contributed by atoms with Crippen molar-refractivity contribution in [1.29, 1.82) is 0 Å². The fourth-order valence-electron chi connectivity index (χ4n) is 7.13. The molecular formula is C34H24N3OS+. The average molecular weight is 523 g/mol. The molecule has 0 spiro atoms. The van der Waals surface area contributed by atoms with E-state index in [0.29, 0.717) is 5.71 Å². The van der Waals surface area contributed by atoms with Crippen LogP contribution >= 0.6 is 11.3 Å². The molecule has 0 radical (unpaired) electrons. The maximum atomic E-state index is 6.46. The Bertz CT molecular complexity index is 2190. The van der Waals surface area contributed by atoms with Gasteiger partial charge in [0.25, 0.3) is 0 Å². The molecule has 2 bridgehead atoms. The number of fused-ring (bicyclic) bond motifs is 4. The highest BCUT2D eigenvalue weighted by atomic mass is 32.1. The lowest BCUT2D eigenvalue weighted by molar-refractivity contribution is -0.669. The van der Waals surface area contributed by atoms with Gasteiger partial charge >= 0.3 is 0 Å². The summed E-state index contributed by atoms with van der Waals surface area (Å²) in [6, 6.07) is 22.3. The molecule has 2 unspecified atom stereocenters. The van der Waals surface area contributed by atoms with Gasteiger partial charge in [-0.15, -0.1) is 0 Å². The van der Waals surface area contributed by atoms with Gasteiger partial charge in [0, 0.05) is 16.5 Å². The summed E-state index contributed by atoms with van der Waals surface area (Å²) in [6.45, 7) is 4.16. The maximum Gasteiger partial charge on any atom is 0.235 e. The molecule has 39 heavy (non-hydrogen) atoms. The molecule has 4 nitrogen and oxygen atoms in total. The lowest BCUT2D eigenvalue weighted by Crippen LogP contribution is -2.45. The van der Waals surface area contributed by atoms with Crippen LogP contribution in [0.1, 0.15) is 56.7 Å². The number of nitrogens with zero attached hydrogens (tertiary/aromatic N) is 3. The van der Waals surface area contributed by atoms with E-state index in [1.165, 1.54) is 44.4 Å². The highest BCUT2D eigenvalue weighted by Crippen LogP contribution is 2.55. The maximum absolute atomic E-state index is 6.46. The van der Waals surface area contributed by atoms with Crippen LogP contribution in [0.25, 0.3) is 44.1 Å². The zero-order valence-electron chi connectivity index (χ0n) is 21.8. The summed E-state index contributed by atoms with van der Waals surface area (Å²) in [5, 5.41) is 9.31. The topological polar surface area (TPSA) is 42.8 Å². The molecule has 0 N–H and O–H groups in total. The summed E-state index contributed by atoms with van der Waals surface area (Å²) >= 11 is 1.77. The molecule has 3 aromatic carbocycles. The van der Waals surface area contributed by atoms with E-state index in [4.69, 9.17) is 9.40 Å². The first-order chi connectivity index (χ1) is 19.1. The van der Waals surface area contributed by atoms with E-state index in [1.807, 2.05) is 13.0 Å². The standard InChI is InChI=1S/C34H24N3OS/c1-17-8-10-23-24-11-9-18(2)36-34(24)38-33(23)28(17)27-14-35-31-29-21-6-4-5-7-22(21)30(32(31)37(27)3)26-13-20-16-39-15-19(20)12-25(26)29/h4-16,29-30H,1-3H3/q+1. The first-order valence-electron chi connectivity index (χ1n) is 13.4. The minimum Gasteiger partial charge on any atom is -0.437 e. The van der Waals surface area contributed by atoms with E-state index in [1.54, 1.807) is 11.3 Å². The minimum atomic E-state index is 0.135. The van der Waals surface area contributed by atoms with Gasteiger partial charge in [0.2, 0.25) is 17.1 Å². The van der Waals surface area contributed by atoms with Crippen LogP contribution in [0.2, 0.25) is 0 Å². The number of hydrogen-bond acceptors (Lipinski definition) is 4. The Morgan fingerprint density at radius 1 is 0.821 bits per heavy atom. The average Bonchev–Trinajstić information content (AvgIpc) is 3.55. The fraction of sp³-hybridized carbons (Fsp3) is 0.147. The van der Waals surface area contributed by atoms with Crippen LogP contribution in [-0.2, 0) is 7.05 Å². The van der Waals surface area contributed by atoms with E-state index in [0.717, 1.165) is 38.9 Å². The quantitative estimate of drug-likeness (QED) is 0.208. The van der Waals surface area contributed by atoms with Crippen molar-refractivity contribution in [2.24, 2.45) is 7.05 Å². The van der Waals surface area contributed by atoms with Crippen LogP contribution < -0.4 is 4.57 Å². The summed E-state index contributed by atoms with van der Waals surface area (Å²) in [5.41, 5.74) is 13.9. The second kappa shape index (κ2) is 7.39. The first-order valence-corrected chi connectivity index (χ1v) is 14.3. The van der Waals surface area contributed by atoms with Crippen LogP contribution in [0, 0.1) is 13.8 Å². The predicted octanol–water partition coefficient (Wildman–Crippen LogP) is 7.69. The lowest BCUT2D eigenvalue weighted by Gasteiger charge is -2.39. The van der Waals surface area contributed by atoms with Crippen LogP contribution in [0.3, 0.4) is 0 Å². The zero-order valence-corrected chi connectivity index (χ0v) is 22.6. The summed E-state index contributed by atoms with van der Waals surface area (Å²) in [7, 11) is 2.20. The summed E-state index contributed by atoms with van der Waals surface area (Å²) < 4.78 is 8.84. The molecule has 7 aromatic rings. The summed E-state index contributed by atoms with van der Waals surface area (Å²) in [6.07, 6.45) is 2.05. The number of hydrogen-bond donors (Lipinski definition) is 0. The number of pyridine rings is 1. The molecule has 4 aromatic heterocycles. The second-order valence-electron chi connectivity index (χ2n) is 11.0. The molecular weight excluding hydrogens is 498 g/mol. The van der Waals surface area contributed by atoms with Gasteiger partial charge in [-0.1, -0.05) is 36.4 Å². The normalized spacial score (nSPS) is 17.1. The molecule has 0 saturated carbocycles. The van der Waals surface area contributed by atoms with Crippen molar-refractivity contribution in [3.63, 3.8) is 0 Å². The molecule has 0 aliphatic heterocycles. The third kappa shape index (κ3) is 2.70. The molecule has 5 heteroatoms. The van der Waals surface area contributed by atoms with E-state index >= 15 is 0 Å². The number of benzene rings is 3. The molecule has 0 saturated heterocycles. The first kappa shape index (κ1) is 21.6. The van der Waals surface area contributed by atoms with Gasteiger partial charge in [0.15, 0.2) is 5.58 Å². The lowest BCUT2D eigenvalue weighted by atomic mass is 9.63. The Morgan fingerprint density at radius 2 is 1.54 bits per heavy atom. The monoisotopic (exact) mass is 522 g/mol. The van der Waals surface area contributed by atoms with Gasteiger partial charge in [-0.05, 0) is 87.5 Å². The van der Waals surface area contributed by atoms with Crippen molar-refractivity contribution >= 4 is 44.2 Å². The van der Waals surface area contributed by atoms with Gasteiger partial charge in [-0.3, -0.25) is 0 Å². The second-order valence-corrected chi connectivity index (χ2v) is 11.7. The van der Waals surface area contributed by atoms with Crippen LogP contribution in [-0.4, -0.2) is 9.97 Å². The van der Waals surface area contributed by atoms with E-state index in [-0.39, 0.29) is 11.8 Å². The fourth-order valence-corrected chi connectivity index (χ4v) is 7.89. The number of furan rings is 1.